The van der Waals surface area contributed by atoms with Crippen LogP contribution < -0.4 is 4.72 Å². The molecule has 0 amide bonds. The fraction of sp³-hybridized carbons (Fsp3) is 0.250. The zero-order valence-electron chi connectivity index (χ0n) is 10.2. The first-order valence-electron chi connectivity index (χ1n) is 5.53. The van der Waals surface area contributed by atoms with E-state index in [2.05, 4.69) is 4.72 Å². The van der Waals surface area contributed by atoms with Crippen molar-refractivity contribution < 1.29 is 18.3 Å². The molecule has 0 aliphatic carbocycles. The Kier molecular flexibility index (Phi) is 5.53. The van der Waals surface area contributed by atoms with Crippen LogP contribution in [0.25, 0.3) is 6.08 Å². The highest BCUT2D eigenvalue weighted by atomic mass is 35.5. The number of hydrogen-bond donors (Lipinski definition) is 2. The summed E-state index contributed by atoms with van der Waals surface area (Å²) in [6.07, 6.45) is 1.54. The van der Waals surface area contributed by atoms with E-state index >= 15 is 0 Å². The molecule has 0 aliphatic rings. The predicted molar refractivity (Wildman–Crippen MR) is 74.3 cm³/mol. The average Bonchev–Trinajstić information content (AvgIpc) is 2.35. The normalized spacial score (nSPS) is 13.6. The molecule has 1 atom stereocenters. The lowest BCUT2D eigenvalue weighted by atomic mass is 10.2. The van der Waals surface area contributed by atoms with Crippen molar-refractivity contribution in [3.8, 4) is 0 Å². The maximum atomic E-state index is 11.7. The van der Waals surface area contributed by atoms with Crippen LogP contribution in [0.2, 0.25) is 5.02 Å². The summed E-state index contributed by atoms with van der Waals surface area (Å²) in [6.45, 7) is 1.59. The zero-order valence-corrected chi connectivity index (χ0v) is 11.8. The first-order chi connectivity index (χ1) is 8.84. The summed E-state index contributed by atoms with van der Waals surface area (Å²) in [6, 6.07) is 5.45. The molecule has 104 valence electrons. The van der Waals surface area contributed by atoms with Crippen molar-refractivity contribution >= 4 is 33.7 Å². The third-order valence-corrected chi connectivity index (χ3v) is 3.68. The molecule has 0 aromatic heterocycles. The van der Waals surface area contributed by atoms with Gasteiger partial charge in [-0.3, -0.25) is 4.79 Å². The Morgan fingerprint density at radius 1 is 1.42 bits per heavy atom. The molecule has 1 aromatic rings. The fourth-order valence-corrected chi connectivity index (χ4v) is 2.49. The molecule has 0 aliphatic heterocycles. The molecule has 0 saturated carbocycles. The van der Waals surface area contributed by atoms with Gasteiger partial charge in [0.2, 0.25) is 10.0 Å². The molecule has 0 heterocycles. The SMILES string of the molecule is CC[C@H](NS(=O)(=O)/C=C/c1ccc(Cl)cc1)C(=O)O. The molecule has 0 fully saturated rings. The van der Waals surface area contributed by atoms with Gasteiger partial charge in [0.25, 0.3) is 0 Å². The first-order valence-corrected chi connectivity index (χ1v) is 7.45. The van der Waals surface area contributed by atoms with Crippen LogP contribution in [0.15, 0.2) is 29.7 Å². The number of halogens is 1. The molecule has 1 aromatic carbocycles. The Hall–Kier alpha value is -1.37. The van der Waals surface area contributed by atoms with E-state index in [1.54, 1.807) is 31.2 Å². The third kappa shape index (κ3) is 5.42. The van der Waals surface area contributed by atoms with Gasteiger partial charge in [0.05, 0.1) is 0 Å². The van der Waals surface area contributed by atoms with Crippen LogP contribution in [0.3, 0.4) is 0 Å². The third-order valence-electron chi connectivity index (χ3n) is 2.32. The Balaban J connectivity index is 2.79. The van der Waals surface area contributed by atoms with Gasteiger partial charge in [0.1, 0.15) is 6.04 Å². The lowest BCUT2D eigenvalue weighted by molar-refractivity contribution is -0.139. The summed E-state index contributed by atoms with van der Waals surface area (Å²) in [5.41, 5.74) is 0.651. The molecule has 0 unspecified atom stereocenters. The van der Waals surface area contributed by atoms with Crippen molar-refractivity contribution in [2.45, 2.75) is 19.4 Å². The highest BCUT2D eigenvalue weighted by molar-refractivity contribution is 7.92. The number of carboxylic acid groups (broad SMARTS) is 1. The number of rotatable bonds is 6. The predicted octanol–water partition coefficient (Wildman–Crippen LogP) is 2.09. The number of carboxylic acids is 1. The molecule has 2 N–H and O–H groups in total. The van der Waals surface area contributed by atoms with Crippen molar-refractivity contribution in [3.05, 3.63) is 40.3 Å². The van der Waals surface area contributed by atoms with Crippen LogP contribution in [0.5, 0.6) is 0 Å². The number of hydrogen-bond acceptors (Lipinski definition) is 3. The van der Waals surface area contributed by atoms with Crippen LogP contribution in [0.4, 0.5) is 0 Å². The van der Waals surface area contributed by atoms with Crippen LogP contribution in [0, 0.1) is 0 Å². The minimum absolute atomic E-state index is 0.170. The molecule has 1 rings (SSSR count). The molecule has 0 bridgehead atoms. The quantitative estimate of drug-likeness (QED) is 0.843. The standard InChI is InChI=1S/C12H14ClNO4S/c1-2-11(12(15)16)14-19(17,18)8-7-9-3-5-10(13)6-4-9/h3-8,11,14H,2H2,1H3,(H,15,16)/b8-7+/t11-/m0/s1. The maximum absolute atomic E-state index is 11.7. The van der Waals surface area contributed by atoms with Gasteiger partial charge < -0.3 is 5.11 Å². The van der Waals surface area contributed by atoms with Gasteiger partial charge in [-0.05, 0) is 30.2 Å². The first kappa shape index (κ1) is 15.7. The van der Waals surface area contributed by atoms with Crippen molar-refractivity contribution in [2.24, 2.45) is 0 Å². The van der Waals surface area contributed by atoms with Gasteiger partial charge >= 0.3 is 5.97 Å². The lowest BCUT2D eigenvalue weighted by Gasteiger charge is -2.09. The Bertz CT molecular complexity index is 566. The van der Waals surface area contributed by atoms with Crippen molar-refractivity contribution in [2.75, 3.05) is 0 Å². The smallest absolute Gasteiger partial charge is 0.321 e. The van der Waals surface area contributed by atoms with Gasteiger partial charge in [-0.2, -0.15) is 4.72 Å². The van der Waals surface area contributed by atoms with Gasteiger partial charge in [-0.25, -0.2) is 8.42 Å². The average molecular weight is 304 g/mol. The molecular formula is C12H14ClNO4S. The second kappa shape index (κ2) is 6.70. The Labute approximate surface area is 117 Å². The highest BCUT2D eigenvalue weighted by Crippen LogP contribution is 2.11. The number of nitrogens with one attached hydrogen (secondary N) is 1. The summed E-state index contributed by atoms with van der Waals surface area (Å²) in [5, 5.41) is 10.3. The second-order valence-corrected chi connectivity index (χ2v) is 5.85. The summed E-state index contributed by atoms with van der Waals surface area (Å²) >= 11 is 5.70. The molecule has 7 heteroatoms. The van der Waals surface area contributed by atoms with E-state index in [4.69, 9.17) is 16.7 Å². The number of carbonyl (C=O) groups is 1. The summed E-state index contributed by atoms with van der Waals surface area (Å²) in [5.74, 6) is -1.20. The van der Waals surface area contributed by atoms with Crippen LogP contribution in [0.1, 0.15) is 18.9 Å². The minimum Gasteiger partial charge on any atom is -0.480 e. The summed E-state index contributed by atoms with van der Waals surface area (Å²) in [7, 11) is -3.79. The Morgan fingerprint density at radius 2 is 2.00 bits per heavy atom. The lowest BCUT2D eigenvalue weighted by Crippen LogP contribution is -2.39. The maximum Gasteiger partial charge on any atom is 0.321 e. The molecule has 0 spiro atoms. The fourth-order valence-electron chi connectivity index (χ4n) is 1.29. The van der Waals surface area contributed by atoms with Gasteiger partial charge in [0.15, 0.2) is 0 Å². The van der Waals surface area contributed by atoms with Crippen molar-refractivity contribution in [1.29, 1.82) is 0 Å². The summed E-state index contributed by atoms with van der Waals surface area (Å²) in [4.78, 5) is 10.8. The Morgan fingerprint density at radius 3 is 2.47 bits per heavy atom. The molecular weight excluding hydrogens is 290 g/mol. The topological polar surface area (TPSA) is 83.5 Å². The van der Waals surface area contributed by atoms with E-state index in [9.17, 15) is 13.2 Å². The minimum atomic E-state index is -3.79. The molecule has 19 heavy (non-hydrogen) atoms. The van der Waals surface area contributed by atoms with E-state index in [-0.39, 0.29) is 6.42 Å². The molecule has 5 nitrogen and oxygen atoms in total. The molecule has 0 radical (unpaired) electrons. The zero-order chi connectivity index (χ0) is 14.5. The van der Waals surface area contributed by atoms with E-state index in [1.165, 1.54) is 6.08 Å². The van der Waals surface area contributed by atoms with Gasteiger partial charge in [0, 0.05) is 10.4 Å². The number of sulfonamides is 1. The van der Waals surface area contributed by atoms with Crippen LogP contribution >= 0.6 is 11.6 Å². The van der Waals surface area contributed by atoms with Gasteiger partial charge in [-0.1, -0.05) is 30.7 Å². The molecule has 0 saturated heterocycles. The van der Waals surface area contributed by atoms with Crippen molar-refractivity contribution in [1.82, 2.24) is 4.72 Å². The van der Waals surface area contributed by atoms with E-state index < -0.39 is 22.0 Å². The van der Waals surface area contributed by atoms with Crippen LogP contribution in [-0.4, -0.2) is 25.5 Å². The monoisotopic (exact) mass is 303 g/mol. The van der Waals surface area contributed by atoms with E-state index in [0.717, 1.165) is 5.41 Å². The van der Waals surface area contributed by atoms with Crippen LogP contribution in [-0.2, 0) is 14.8 Å². The number of aliphatic carboxylic acids is 1. The largest absolute Gasteiger partial charge is 0.480 e. The highest BCUT2D eigenvalue weighted by Gasteiger charge is 2.20. The van der Waals surface area contributed by atoms with Gasteiger partial charge in [-0.15, -0.1) is 0 Å². The van der Waals surface area contributed by atoms with Crippen molar-refractivity contribution in [3.63, 3.8) is 0 Å². The summed E-state index contributed by atoms with van der Waals surface area (Å²) < 4.78 is 25.4. The van der Waals surface area contributed by atoms with E-state index in [1.807, 2.05) is 0 Å². The van der Waals surface area contributed by atoms with E-state index in [0.29, 0.717) is 10.6 Å². The second-order valence-electron chi connectivity index (χ2n) is 3.82. The number of benzene rings is 1.